The molecule has 0 aromatic rings. The van der Waals surface area contributed by atoms with Gasteiger partial charge < -0.3 is 10.7 Å². The van der Waals surface area contributed by atoms with Crippen molar-refractivity contribution in [2.75, 3.05) is 13.6 Å². The third-order valence-electron chi connectivity index (χ3n) is 1.79. The molecule has 0 aromatic carbocycles. The Labute approximate surface area is 84.6 Å². The van der Waals surface area contributed by atoms with Crippen molar-refractivity contribution in [1.82, 2.24) is 5.32 Å². The van der Waals surface area contributed by atoms with Crippen LogP contribution in [0.2, 0.25) is 0 Å². The van der Waals surface area contributed by atoms with E-state index in [4.69, 9.17) is 5.41 Å². The van der Waals surface area contributed by atoms with Crippen molar-refractivity contribution >= 4 is 17.7 Å². The van der Waals surface area contributed by atoms with Gasteiger partial charge in [-0.1, -0.05) is 0 Å². The molecule has 0 saturated heterocycles. The van der Waals surface area contributed by atoms with E-state index in [-0.39, 0.29) is 5.78 Å². The molecular formula is C10H17N3O. The van der Waals surface area contributed by atoms with E-state index in [0.717, 1.165) is 0 Å². The zero-order valence-corrected chi connectivity index (χ0v) is 9.14. The molecule has 2 N–H and O–H groups in total. The summed E-state index contributed by atoms with van der Waals surface area (Å²) in [4.78, 5) is 15.2. The van der Waals surface area contributed by atoms with E-state index in [1.165, 1.54) is 6.92 Å². The van der Waals surface area contributed by atoms with Crippen LogP contribution in [0.25, 0.3) is 0 Å². The van der Waals surface area contributed by atoms with Gasteiger partial charge in [0.2, 0.25) is 0 Å². The van der Waals surface area contributed by atoms with Gasteiger partial charge in [-0.05, 0) is 20.1 Å². The van der Waals surface area contributed by atoms with Crippen molar-refractivity contribution < 1.29 is 4.79 Å². The summed E-state index contributed by atoms with van der Waals surface area (Å²) in [5.41, 5.74) is 1.50. The molecule has 0 radical (unpaired) electrons. The minimum Gasteiger partial charge on any atom is -0.385 e. The van der Waals surface area contributed by atoms with Gasteiger partial charge >= 0.3 is 0 Å². The van der Waals surface area contributed by atoms with E-state index in [0.29, 0.717) is 23.5 Å². The lowest BCUT2D eigenvalue weighted by molar-refractivity contribution is -0.113. The van der Waals surface area contributed by atoms with Gasteiger partial charge in [-0.25, -0.2) is 0 Å². The molecule has 0 bridgehead atoms. The quantitative estimate of drug-likeness (QED) is 0.511. The molecule has 0 spiro atoms. The second kappa shape index (κ2) is 6.07. The van der Waals surface area contributed by atoms with E-state index < -0.39 is 0 Å². The van der Waals surface area contributed by atoms with Crippen LogP contribution in [0.15, 0.2) is 16.3 Å². The standard InChI is InChI=1S/C10H17N3O/c1-5-13-6-9(7(2)11)10(12-4)8(3)14/h5,11-12H,6H2,1-4H3/b10-9-,11-7?,13-5-. The lowest BCUT2D eigenvalue weighted by atomic mass is 10.1. The summed E-state index contributed by atoms with van der Waals surface area (Å²) in [5.74, 6) is -0.0691. The fourth-order valence-electron chi connectivity index (χ4n) is 1.11. The molecule has 0 atom stereocenters. The van der Waals surface area contributed by atoms with E-state index in [9.17, 15) is 4.79 Å². The van der Waals surface area contributed by atoms with Crippen LogP contribution in [0.5, 0.6) is 0 Å². The third-order valence-corrected chi connectivity index (χ3v) is 1.79. The normalized spacial score (nSPS) is 12.6. The molecule has 0 heterocycles. The molecule has 0 saturated carbocycles. The van der Waals surface area contributed by atoms with Crippen LogP contribution >= 0.6 is 0 Å². The summed E-state index contributed by atoms with van der Waals surface area (Å²) < 4.78 is 0. The van der Waals surface area contributed by atoms with E-state index >= 15 is 0 Å². The summed E-state index contributed by atoms with van der Waals surface area (Å²) in [7, 11) is 1.68. The average molecular weight is 195 g/mol. The van der Waals surface area contributed by atoms with Crippen molar-refractivity contribution in [3.63, 3.8) is 0 Å². The molecule has 0 rings (SSSR count). The molecule has 0 aromatic heterocycles. The molecule has 0 fully saturated rings. The Kier molecular flexibility index (Phi) is 5.44. The summed E-state index contributed by atoms with van der Waals surface area (Å²) in [5, 5.41) is 10.3. The van der Waals surface area contributed by atoms with E-state index in [1.54, 1.807) is 20.2 Å². The lowest BCUT2D eigenvalue weighted by Gasteiger charge is -2.09. The predicted octanol–water partition coefficient (Wildman–Crippen LogP) is 1.18. The van der Waals surface area contributed by atoms with Gasteiger partial charge in [0.05, 0.1) is 12.2 Å². The maximum atomic E-state index is 11.2. The van der Waals surface area contributed by atoms with Gasteiger partial charge in [-0.2, -0.15) is 0 Å². The molecule has 0 unspecified atom stereocenters. The number of carbonyl (C=O) groups excluding carboxylic acids is 1. The Hall–Kier alpha value is -1.45. The molecule has 0 amide bonds. The minimum absolute atomic E-state index is 0.0691. The second-order valence-corrected chi connectivity index (χ2v) is 2.88. The van der Waals surface area contributed by atoms with Crippen LogP contribution in [-0.4, -0.2) is 31.3 Å². The Morgan fingerprint density at radius 2 is 2.07 bits per heavy atom. The van der Waals surface area contributed by atoms with Crippen molar-refractivity contribution in [3.8, 4) is 0 Å². The topological polar surface area (TPSA) is 65.3 Å². The van der Waals surface area contributed by atoms with Gasteiger partial charge in [0.25, 0.3) is 0 Å². The molecule has 4 heteroatoms. The van der Waals surface area contributed by atoms with Gasteiger partial charge in [0, 0.05) is 25.3 Å². The number of ketones is 1. The van der Waals surface area contributed by atoms with Crippen LogP contribution in [0.3, 0.4) is 0 Å². The Morgan fingerprint density at radius 3 is 2.36 bits per heavy atom. The maximum absolute atomic E-state index is 11.2. The van der Waals surface area contributed by atoms with Gasteiger partial charge in [0.15, 0.2) is 5.78 Å². The summed E-state index contributed by atoms with van der Waals surface area (Å²) in [6.07, 6.45) is 1.66. The number of Topliss-reactive ketones (excluding diaryl/α,β-unsaturated/α-hetero) is 1. The molecule has 78 valence electrons. The highest BCUT2D eigenvalue weighted by atomic mass is 16.1. The summed E-state index contributed by atoms with van der Waals surface area (Å²) in [6.45, 7) is 5.32. The van der Waals surface area contributed by atoms with Crippen molar-refractivity contribution in [1.29, 1.82) is 5.41 Å². The zero-order chi connectivity index (χ0) is 11.1. The molecule has 0 aliphatic heterocycles. The number of nitrogens with one attached hydrogen (secondary N) is 2. The fraction of sp³-hybridized carbons (Fsp3) is 0.500. The monoisotopic (exact) mass is 195 g/mol. The van der Waals surface area contributed by atoms with Gasteiger partial charge in [0.1, 0.15) is 0 Å². The summed E-state index contributed by atoms with van der Waals surface area (Å²) in [6, 6.07) is 0. The van der Waals surface area contributed by atoms with Crippen molar-refractivity contribution in [3.05, 3.63) is 11.3 Å². The molecular weight excluding hydrogens is 178 g/mol. The van der Waals surface area contributed by atoms with E-state index in [2.05, 4.69) is 10.3 Å². The predicted molar refractivity (Wildman–Crippen MR) is 59.2 cm³/mol. The first-order valence-corrected chi connectivity index (χ1v) is 4.46. The molecule has 0 aliphatic rings. The second-order valence-electron chi connectivity index (χ2n) is 2.88. The number of carbonyl (C=O) groups is 1. The number of hydrogen-bond acceptors (Lipinski definition) is 4. The minimum atomic E-state index is -0.0691. The van der Waals surface area contributed by atoms with Crippen LogP contribution in [0.1, 0.15) is 20.8 Å². The first-order valence-electron chi connectivity index (χ1n) is 4.46. The highest BCUT2D eigenvalue weighted by Crippen LogP contribution is 2.05. The maximum Gasteiger partial charge on any atom is 0.176 e. The average Bonchev–Trinajstić information content (AvgIpc) is 2.10. The summed E-state index contributed by atoms with van der Waals surface area (Å²) >= 11 is 0. The number of hydrogen-bond donors (Lipinski definition) is 2. The number of aliphatic imine (C=N–C) groups is 1. The van der Waals surface area contributed by atoms with Gasteiger partial charge in [-0.3, -0.25) is 9.79 Å². The number of allylic oxidation sites excluding steroid dienone is 1. The van der Waals surface area contributed by atoms with Crippen molar-refractivity contribution in [2.45, 2.75) is 20.8 Å². The number of likely N-dealkylation sites (N-methyl/N-ethyl adjacent to an activating group) is 1. The third kappa shape index (κ3) is 3.51. The smallest absolute Gasteiger partial charge is 0.176 e. The zero-order valence-electron chi connectivity index (χ0n) is 9.14. The van der Waals surface area contributed by atoms with E-state index in [1.807, 2.05) is 6.92 Å². The highest BCUT2D eigenvalue weighted by molar-refractivity contribution is 6.05. The molecule has 4 nitrogen and oxygen atoms in total. The Morgan fingerprint density at radius 1 is 1.50 bits per heavy atom. The lowest BCUT2D eigenvalue weighted by Crippen LogP contribution is -2.20. The first-order chi connectivity index (χ1) is 6.54. The Balaban J connectivity index is 5.09. The number of rotatable bonds is 5. The van der Waals surface area contributed by atoms with Crippen LogP contribution in [0, 0.1) is 5.41 Å². The van der Waals surface area contributed by atoms with Crippen LogP contribution in [0.4, 0.5) is 0 Å². The number of nitrogens with zero attached hydrogens (tertiary/aromatic N) is 1. The SMILES string of the molecule is C/C=N\C/C(C(C)=N)=C(/NC)C(C)=O. The van der Waals surface area contributed by atoms with Crippen LogP contribution in [-0.2, 0) is 4.79 Å². The highest BCUT2D eigenvalue weighted by Gasteiger charge is 2.10. The largest absolute Gasteiger partial charge is 0.385 e. The Bertz CT molecular complexity index is 290. The molecule has 0 aliphatic carbocycles. The van der Waals surface area contributed by atoms with Gasteiger partial charge in [-0.15, -0.1) is 0 Å². The fourth-order valence-corrected chi connectivity index (χ4v) is 1.11. The first kappa shape index (κ1) is 12.6. The molecule has 14 heavy (non-hydrogen) atoms. The van der Waals surface area contributed by atoms with Crippen LogP contribution < -0.4 is 5.32 Å². The van der Waals surface area contributed by atoms with Crippen molar-refractivity contribution in [2.24, 2.45) is 4.99 Å².